The molecule has 0 bridgehead atoms. The number of ether oxygens (including phenoxy) is 3. The quantitative estimate of drug-likeness (QED) is 0.115. The fraction of sp³-hybridized carbons (Fsp3) is 0.606. The first-order chi connectivity index (χ1) is 19.8. The summed E-state index contributed by atoms with van der Waals surface area (Å²) in [7, 11) is -5.51. The number of nitriles is 1. The summed E-state index contributed by atoms with van der Waals surface area (Å²) in [5.74, 6) is 0.900. The lowest BCUT2D eigenvalue weighted by atomic mass is 9.81. The second-order valence-electron chi connectivity index (χ2n) is 13.9. The number of rotatable bonds is 19. The van der Waals surface area contributed by atoms with E-state index in [4.69, 9.17) is 27.7 Å². The fourth-order valence-electron chi connectivity index (χ4n) is 5.52. The summed E-state index contributed by atoms with van der Waals surface area (Å²) >= 11 is 0. The van der Waals surface area contributed by atoms with E-state index in [2.05, 4.69) is 64.0 Å². The molecule has 2 aromatic carbocycles. The van der Waals surface area contributed by atoms with E-state index in [-0.39, 0.29) is 5.41 Å². The van der Waals surface area contributed by atoms with Gasteiger partial charge in [-0.3, -0.25) is 0 Å². The lowest BCUT2D eigenvalue weighted by molar-refractivity contribution is -0.153. The maximum Gasteiger partial charge on any atom is 0.314 e. The van der Waals surface area contributed by atoms with Crippen LogP contribution >= 0.6 is 0 Å². The number of hydrogen-bond acceptors (Lipinski definition) is 6. The molecule has 0 saturated carbocycles. The van der Waals surface area contributed by atoms with Crippen LogP contribution in [0.3, 0.4) is 0 Å². The molecule has 1 aliphatic rings. The highest BCUT2D eigenvalue weighted by atomic mass is 28.5. The monoisotopic (exact) mass is 627 g/mol. The second kappa shape index (κ2) is 15.8. The molecule has 3 rings (SSSR count). The molecule has 0 aromatic heterocycles. The molecule has 42 heavy (non-hydrogen) atoms. The number of unbranched alkanes of at least 4 members (excludes halogenated alkanes) is 3. The first-order valence-electron chi connectivity index (χ1n) is 15.6. The molecule has 0 spiro atoms. The van der Waals surface area contributed by atoms with Gasteiger partial charge in [0, 0.05) is 12.0 Å². The zero-order valence-corrected chi connectivity index (χ0v) is 30.1. The molecule has 0 aliphatic carbocycles. The van der Waals surface area contributed by atoms with Crippen molar-refractivity contribution in [3.8, 4) is 22.9 Å². The molecule has 0 atom stereocenters. The Bertz CT molecular complexity index is 1100. The third-order valence-electron chi connectivity index (χ3n) is 7.26. The van der Waals surface area contributed by atoms with Gasteiger partial charge in [0.2, 0.25) is 0 Å². The van der Waals surface area contributed by atoms with Gasteiger partial charge in [-0.05, 0) is 107 Å². The molecule has 1 fully saturated rings. The van der Waals surface area contributed by atoms with Crippen LogP contribution in [0.5, 0.6) is 5.75 Å². The van der Waals surface area contributed by atoms with Crippen molar-refractivity contribution in [3.05, 3.63) is 54.1 Å². The minimum Gasteiger partial charge on any atom is -0.494 e. The summed E-state index contributed by atoms with van der Waals surface area (Å²) in [6, 6.07) is 19.0. The van der Waals surface area contributed by atoms with Crippen molar-refractivity contribution in [2.24, 2.45) is 5.41 Å². The van der Waals surface area contributed by atoms with Crippen molar-refractivity contribution in [1.29, 1.82) is 5.26 Å². The van der Waals surface area contributed by atoms with Crippen LogP contribution in [0.25, 0.3) is 11.1 Å². The summed E-state index contributed by atoms with van der Waals surface area (Å²) in [4.78, 5) is 0. The average molecular weight is 628 g/mol. The van der Waals surface area contributed by atoms with E-state index in [0.717, 1.165) is 75.2 Å². The van der Waals surface area contributed by atoms with E-state index < -0.39 is 25.2 Å². The van der Waals surface area contributed by atoms with Crippen LogP contribution in [0.2, 0.25) is 51.9 Å². The van der Waals surface area contributed by atoms with Crippen LogP contribution in [0, 0.1) is 16.7 Å². The standard InChI is InChI=1S/C33H53NO5Si3/c1-40(2,3)38-42(7,39-41(4,5)6)24-12-22-35-26-33(27-36-28-33)21-10-8-9-11-23-37-32-19-17-31(18-20-32)30-15-13-29(25-34)14-16-30/h13-20H,8-12,21-24,26-28H2,1-7H3. The van der Waals surface area contributed by atoms with Crippen LogP contribution in [0.1, 0.15) is 44.1 Å². The Morgan fingerprint density at radius 2 is 1.31 bits per heavy atom. The van der Waals surface area contributed by atoms with Crippen molar-refractivity contribution in [2.75, 3.05) is 33.0 Å². The molecular formula is C33H53NO5Si3. The zero-order chi connectivity index (χ0) is 30.7. The maximum atomic E-state index is 8.97. The molecule has 0 unspecified atom stereocenters. The molecule has 0 N–H and O–H groups in total. The third-order valence-corrected chi connectivity index (χ3v) is 16.9. The van der Waals surface area contributed by atoms with Gasteiger partial charge in [-0.2, -0.15) is 5.26 Å². The van der Waals surface area contributed by atoms with Crippen molar-refractivity contribution >= 4 is 25.2 Å². The molecule has 232 valence electrons. The topological polar surface area (TPSA) is 69.9 Å². The second-order valence-corrected chi connectivity index (χ2v) is 26.8. The Labute approximate surface area is 258 Å². The highest BCUT2D eigenvalue weighted by Crippen LogP contribution is 2.34. The summed E-state index contributed by atoms with van der Waals surface area (Å²) in [5.41, 5.74) is 3.09. The van der Waals surface area contributed by atoms with E-state index in [1.807, 2.05) is 36.4 Å². The van der Waals surface area contributed by atoms with Gasteiger partial charge >= 0.3 is 8.56 Å². The van der Waals surface area contributed by atoms with Gasteiger partial charge in [-0.1, -0.05) is 43.5 Å². The van der Waals surface area contributed by atoms with E-state index in [9.17, 15) is 0 Å². The summed E-state index contributed by atoms with van der Waals surface area (Å²) in [6.07, 6.45) is 6.78. The Balaban J connectivity index is 1.28. The van der Waals surface area contributed by atoms with Gasteiger partial charge in [0.05, 0.1) is 38.1 Å². The van der Waals surface area contributed by atoms with E-state index in [1.54, 1.807) is 0 Å². The predicted octanol–water partition coefficient (Wildman–Crippen LogP) is 8.75. The maximum absolute atomic E-state index is 8.97. The van der Waals surface area contributed by atoms with Gasteiger partial charge in [0.25, 0.3) is 0 Å². The number of nitrogens with zero attached hydrogens (tertiary/aromatic N) is 1. The molecular weight excluding hydrogens is 575 g/mol. The first kappa shape index (κ1) is 34.7. The molecule has 2 aromatic rings. The Morgan fingerprint density at radius 1 is 0.738 bits per heavy atom. The number of hydrogen-bond donors (Lipinski definition) is 0. The van der Waals surface area contributed by atoms with Crippen LogP contribution in [0.4, 0.5) is 0 Å². The average Bonchev–Trinajstić information content (AvgIpc) is 2.88. The zero-order valence-electron chi connectivity index (χ0n) is 27.1. The van der Waals surface area contributed by atoms with Crippen molar-refractivity contribution in [2.45, 2.75) is 90.4 Å². The largest absolute Gasteiger partial charge is 0.494 e. The smallest absolute Gasteiger partial charge is 0.314 e. The van der Waals surface area contributed by atoms with E-state index >= 15 is 0 Å². The summed E-state index contributed by atoms with van der Waals surface area (Å²) in [5, 5.41) is 8.97. The van der Waals surface area contributed by atoms with Crippen LogP contribution in [0.15, 0.2) is 48.5 Å². The normalized spacial score (nSPS) is 15.2. The molecule has 1 aliphatic heterocycles. The van der Waals surface area contributed by atoms with Gasteiger partial charge < -0.3 is 22.4 Å². The highest BCUT2D eigenvalue weighted by Gasteiger charge is 2.40. The Kier molecular flexibility index (Phi) is 13.1. The van der Waals surface area contributed by atoms with Crippen molar-refractivity contribution < 1.29 is 22.4 Å². The molecule has 0 amide bonds. The minimum absolute atomic E-state index is 0.192. The first-order valence-corrected chi connectivity index (χ1v) is 24.9. The minimum atomic E-state index is -2.19. The molecule has 1 saturated heterocycles. The lowest BCUT2D eigenvalue weighted by Crippen LogP contribution is -2.52. The van der Waals surface area contributed by atoms with Crippen molar-refractivity contribution in [1.82, 2.24) is 0 Å². The Morgan fingerprint density at radius 3 is 1.83 bits per heavy atom. The molecule has 6 nitrogen and oxygen atoms in total. The fourth-order valence-corrected chi connectivity index (χ4v) is 18.0. The van der Waals surface area contributed by atoms with Crippen molar-refractivity contribution in [3.63, 3.8) is 0 Å². The predicted molar refractivity (Wildman–Crippen MR) is 179 cm³/mol. The third kappa shape index (κ3) is 12.4. The van der Waals surface area contributed by atoms with Crippen LogP contribution in [-0.2, 0) is 17.7 Å². The Hall–Kier alpha value is -1.78. The summed E-state index contributed by atoms with van der Waals surface area (Å²) in [6.45, 7) is 19.7. The van der Waals surface area contributed by atoms with Gasteiger partial charge in [-0.25, -0.2) is 0 Å². The molecule has 0 radical (unpaired) electrons. The van der Waals surface area contributed by atoms with Crippen LogP contribution < -0.4 is 4.74 Å². The molecule has 1 heterocycles. The molecule has 9 heteroatoms. The highest BCUT2D eigenvalue weighted by molar-refractivity contribution is 6.87. The number of benzene rings is 2. The van der Waals surface area contributed by atoms with Gasteiger partial charge in [-0.15, -0.1) is 0 Å². The van der Waals surface area contributed by atoms with E-state index in [0.29, 0.717) is 5.56 Å². The SMILES string of the molecule is C[Si](C)(C)O[Si](C)(CCCOCC1(CCCCCCOc2ccc(-c3ccc(C#N)cc3)cc2)COC1)O[Si](C)(C)C. The summed E-state index contributed by atoms with van der Waals surface area (Å²) < 4.78 is 31.0. The van der Waals surface area contributed by atoms with E-state index in [1.165, 1.54) is 19.3 Å². The van der Waals surface area contributed by atoms with Gasteiger partial charge in [0.1, 0.15) is 5.75 Å². The lowest BCUT2D eigenvalue weighted by Gasteiger charge is -2.41. The van der Waals surface area contributed by atoms with Gasteiger partial charge in [0.15, 0.2) is 16.6 Å². The van der Waals surface area contributed by atoms with Crippen LogP contribution in [-0.4, -0.2) is 58.2 Å².